The van der Waals surface area contributed by atoms with Crippen LogP contribution in [0.2, 0.25) is 0 Å². The van der Waals surface area contributed by atoms with Crippen LogP contribution in [0.3, 0.4) is 0 Å². The number of nitrogens with two attached hydrogens (primary N) is 1. The quantitative estimate of drug-likeness (QED) is 0.195. The predicted molar refractivity (Wildman–Crippen MR) is 117 cm³/mol. The third-order valence-electron chi connectivity index (χ3n) is 6.57. The second-order valence-corrected chi connectivity index (χ2v) is 9.16. The van der Waals surface area contributed by atoms with Crippen molar-refractivity contribution in [3.63, 3.8) is 0 Å². The molecule has 3 aliphatic rings. The van der Waals surface area contributed by atoms with E-state index in [4.69, 9.17) is 45.2 Å². The number of anilines is 1. The Kier molecular flexibility index (Phi) is 9.27. The smallest absolute Gasteiger partial charge is 0.510 e. The molecule has 0 saturated heterocycles. The van der Waals surface area contributed by atoms with Crippen LogP contribution in [-0.2, 0) is 28.8 Å². The summed E-state index contributed by atoms with van der Waals surface area (Å²) in [5.74, 6) is 3.72. The number of nitrogen functional groups attached to an aromatic ring is 1. The van der Waals surface area contributed by atoms with E-state index in [0.717, 1.165) is 23.7 Å². The molecule has 5 atom stereocenters. The summed E-state index contributed by atoms with van der Waals surface area (Å²) in [5.41, 5.74) is 5.60. The van der Waals surface area contributed by atoms with Gasteiger partial charge < -0.3 is 45.2 Å². The minimum absolute atomic E-state index is 0. The van der Waals surface area contributed by atoms with Crippen molar-refractivity contribution in [2.45, 2.75) is 44.9 Å². The van der Waals surface area contributed by atoms with Crippen LogP contribution in [0.5, 0.6) is 0 Å². The Morgan fingerprint density at radius 3 is 2.87 bits per heavy atom. The SMILES string of the molecule is Nc1nc2c(ncn2COCCO)c(=O)[nH]1.S=C([S-])OC1C[C@H]2C[C@@H]1C1CCCC12.[K+]. The zero-order chi connectivity index (χ0) is 21.3. The largest absolute Gasteiger partial charge is 1.00 e. The first-order valence-electron chi connectivity index (χ1n) is 10.2. The van der Waals surface area contributed by atoms with Crippen LogP contribution in [0.15, 0.2) is 11.1 Å². The fourth-order valence-corrected chi connectivity index (χ4v) is 5.80. The van der Waals surface area contributed by atoms with Crippen molar-refractivity contribution in [2.75, 3.05) is 18.9 Å². The zero-order valence-electron chi connectivity index (χ0n) is 17.5. The number of thiocarbonyl (C=S) groups is 1. The van der Waals surface area contributed by atoms with Gasteiger partial charge in [-0.25, -0.2) is 4.98 Å². The van der Waals surface area contributed by atoms with Gasteiger partial charge in [0.1, 0.15) is 6.73 Å². The summed E-state index contributed by atoms with van der Waals surface area (Å²) >= 11 is 9.72. The van der Waals surface area contributed by atoms with Gasteiger partial charge >= 0.3 is 51.4 Å². The number of nitrogens with zero attached hydrogens (tertiary/aromatic N) is 3. The molecule has 9 nitrogen and oxygen atoms in total. The van der Waals surface area contributed by atoms with Crippen LogP contribution in [0, 0.1) is 23.7 Å². The molecule has 0 aromatic carbocycles. The van der Waals surface area contributed by atoms with E-state index in [1.807, 2.05) is 0 Å². The van der Waals surface area contributed by atoms with Gasteiger partial charge in [0, 0.05) is 4.38 Å². The monoisotopic (exact) mass is 491 g/mol. The Bertz CT molecular complexity index is 970. The number of nitrogens with one attached hydrogen (secondary N) is 1. The molecule has 3 fully saturated rings. The second-order valence-electron chi connectivity index (χ2n) is 8.16. The summed E-state index contributed by atoms with van der Waals surface area (Å²) in [7, 11) is 0. The van der Waals surface area contributed by atoms with Gasteiger partial charge in [0.2, 0.25) is 5.95 Å². The molecule has 31 heavy (non-hydrogen) atoms. The number of fused-ring (bicyclic) bond motifs is 6. The van der Waals surface area contributed by atoms with Crippen molar-refractivity contribution in [3.05, 3.63) is 16.7 Å². The molecule has 0 amide bonds. The number of ether oxygens (including phenoxy) is 2. The minimum Gasteiger partial charge on any atom is -0.510 e. The predicted octanol–water partition coefficient (Wildman–Crippen LogP) is -1.67. The normalized spacial score (nSPS) is 28.0. The molecule has 2 heterocycles. The summed E-state index contributed by atoms with van der Waals surface area (Å²) in [5, 5.41) is 8.56. The molecule has 0 aliphatic heterocycles. The van der Waals surface area contributed by atoms with E-state index in [0.29, 0.717) is 16.1 Å². The molecule has 164 valence electrons. The van der Waals surface area contributed by atoms with Crippen molar-refractivity contribution in [2.24, 2.45) is 23.7 Å². The number of aliphatic hydroxyl groups is 1. The maximum absolute atomic E-state index is 11.4. The molecule has 3 saturated carbocycles. The first-order chi connectivity index (χ1) is 14.5. The van der Waals surface area contributed by atoms with Crippen LogP contribution in [-0.4, -0.2) is 48.3 Å². The van der Waals surface area contributed by atoms with Gasteiger partial charge in [-0.2, -0.15) is 4.98 Å². The fraction of sp³-hybridized carbons (Fsp3) is 0.684. The number of aromatic nitrogens is 4. The van der Waals surface area contributed by atoms with Gasteiger partial charge in [-0.15, -0.1) is 0 Å². The maximum atomic E-state index is 11.4. The van der Waals surface area contributed by atoms with Crippen molar-refractivity contribution >= 4 is 46.3 Å². The third kappa shape index (κ3) is 5.66. The van der Waals surface area contributed by atoms with Crippen LogP contribution >= 0.6 is 12.2 Å². The van der Waals surface area contributed by atoms with E-state index in [-0.39, 0.29) is 88.4 Å². The molecule has 2 aromatic rings. The van der Waals surface area contributed by atoms with Crippen LogP contribution < -0.4 is 62.7 Å². The van der Waals surface area contributed by atoms with Gasteiger partial charge in [-0.1, -0.05) is 6.42 Å². The van der Waals surface area contributed by atoms with Gasteiger partial charge in [0.15, 0.2) is 11.2 Å². The molecular weight excluding hydrogens is 465 g/mol. The first kappa shape index (κ1) is 25.4. The fourth-order valence-electron chi connectivity index (χ4n) is 5.56. The number of H-pyrrole nitrogens is 1. The molecular formula is C19H26KN5O4S2. The van der Waals surface area contributed by atoms with Crippen LogP contribution in [0.1, 0.15) is 32.1 Å². The molecule has 2 aromatic heterocycles. The van der Waals surface area contributed by atoms with E-state index < -0.39 is 0 Å². The van der Waals surface area contributed by atoms with Crippen molar-refractivity contribution in [1.29, 1.82) is 0 Å². The topological polar surface area (TPSA) is 128 Å². The number of hydrogen-bond acceptors (Lipinski definition) is 9. The molecule has 0 spiro atoms. The van der Waals surface area contributed by atoms with E-state index in [1.165, 1.54) is 43.0 Å². The first-order valence-corrected chi connectivity index (χ1v) is 11.1. The van der Waals surface area contributed by atoms with Crippen molar-refractivity contribution in [3.8, 4) is 0 Å². The van der Waals surface area contributed by atoms with Gasteiger partial charge in [-0.05, 0) is 49.4 Å². The number of aliphatic hydroxyl groups excluding tert-OH is 1. The Balaban J connectivity index is 0.000000171. The summed E-state index contributed by atoms with van der Waals surface area (Å²) in [6.07, 6.45) is 8.76. The zero-order valence-corrected chi connectivity index (χ0v) is 22.3. The summed E-state index contributed by atoms with van der Waals surface area (Å²) in [6.45, 7) is 0.300. The molecule has 3 aliphatic carbocycles. The number of aromatic amines is 1. The van der Waals surface area contributed by atoms with Gasteiger partial charge in [-0.3, -0.25) is 14.3 Å². The maximum Gasteiger partial charge on any atom is 1.00 e. The van der Waals surface area contributed by atoms with E-state index in [9.17, 15) is 4.79 Å². The van der Waals surface area contributed by atoms with Gasteiger partial charge in [0.25, 0.3) is 5.56 Å². The Hall–Kier alpha value is -0.184. The summed E-state index contributed by atoms with van der Waals surface area (Å²) in [6, 6.07) is 0. The van der Waals surface area contributed by atoms with E-state index in [1.54, 1.807) is 0 Å². The van der Waals surface area contributed by atoms with Crippen molar-refractivity contribution < 1.29 is 66.0 Å². The van der Waals surface area contributed by atoms with Crippen molar-refractivity contribution in [1.82, 2.24) is 19.5 Å². The van der Waals surface area contributed by atoms with Gasteiger partial charge in [0.05, 0.1) is 25.6 Å². The number of imidazole rings is 1. The van der Waals surface area contributed by atoms with Crippen LogP contribution in [0.25, 0.3) is 11.2 Å². The summed E-state index contributed by atoms with van der Waals surface area (Å²) < 4.78 is 12.6. The third-order valence-corrected chi connectivity index (χ3v) is 6.77. The summed E-state index contributed by atoms with van der Waals surface area (Å²) in [4.78, 5) is 21.6. The molecule has 3 unspecified atom stereocenters. The molecule has 12 heteroatoms. The Labute approximate surface area is 233 Å². The van der Waals surface area contributed by atoms with Crippen LogP contribution in [0.4, 0.5) is 5.95 Å². The molecule has 5 rings (SSSR count). The standard InChI is InChI=1S/C11H16OS2.C8H11N5O3.K/c13-11(14)12-10-5-6-4-9(10)8-3-1-2-7(6)8;9-8-11-6-5(7(15)12-8)10-3-13(6)4-16-2-1-14;/h6-10H,1-5H2,(H,13,14);3,14H,1-2,4H2,(H3,9,11,12,15);/q;;+1/p-1/t6-,7?,8?,9-,10?;;/m1../s1. The number of rotatable bonds is 5. The molecule has 0 radical (unpaired) electrons. The molecule has 2 bridgehead atoms. The average Bonchev–Trinajstić information content (AvgIpc) is 3.43. The molecule has 4 N–H and O–H groups in total. The second kappa shape index (κ2) is 11.3. The Morgan fingerprint density at radius 1 is 1.35 bits per heavy atom. The van der Waals surface area contributed by atoms with E-state index >= 15 is 0 Å². The minimum atomic E-state index is -0.386. The van der Waals surface area contributed by atoms with E-state index in [2.05, 4.69) is 15.0 Å². The Morgan fingerprint density at radius 2 is 2.13 bits per heavy atom. The number of hydrogen-bond donors (Lipinski definition) is 3. The average molecular weight is 492 g/mol.